The normalized spacial score (nSPS) is 19.6. The summed E-state index contributed by atoms with van der Waals surface area (Å²) in [4.78, 5) is 34.6. The number of benzene rings is 3. The zero-order chi connectivity index (χ0) is 25.2. The molecule has 3 amide bonds. The number of urea groups is 1. The van der Waals surface area contributed by atoms with Gasteiger partial charge in [0.25, 0.3) is 0 Å². The van der Waals surface area contributed by atoms with E-state index in [9.17, 15) is 9.59 Å². The third kappa shape index (κ3) is 4.64. The van der Waals surface area contributed by atoms with E-state index in [0.29, 0.717) is 40.3 Å². The van der Waals surface area contributed by atoms with Gasteiger partial charge in [-0.1, -0.05) is 59.6 Å². The van der Waals surface area contributed by atoms with Crippen LogP contribution in [0.1, 0.15) is 28.8 Å². The van der Waals surface area contributed by atoms with Crippen LogP contribution in [0.15, 0.2) is 77.8 Å². The molecule has 1 N–H and O–H groups in total. The molecule has 0 aliphatic carbocycles. The number of aliphatic imine (C=N–C) groups is 1. The minimum atomic E-state index is -0.512. The standard InChI is InChI=1S/C27H24Cl2N4O3/c1-36-22-8-3-2-7-21(22)26-31-24(17-9-11-19(28)12-10-17)25(18-5-4-6-20(29)15-18)33(26)27(35)32-14-13-30-23(34)16-32/h2-12,15,24-25H,13-14,16H2,1H3,(H,30,34). The molecule has 0 aromatic heterocycles. The summed E-state index contributed by atoms with van der Waals surface area (Å²) in [6, 6.07) is 21.1. The highest BCUT2D eigenvalue weighted by atomic mass is 35.5. The van der Waals surface area contributed by atoms with Crippen LogP contribution in [0.2, 0.25) is 10.0 Å². The van der Waals surface area contributed by atoms with Crippen LogP contribution in [0.25, 0.3) is 0 Å². The molecule has 2 aliphatic rings. The Balaban J connectivity index is 1.70. The first-order valence-electron chi connectivity index (χ1n) is 11.5. The van der Waals surface area contributed by atoms with E-state index >= 15 is 0 Å². The van der Waals surface area contributed by atoms with Gasteiger partial charge in [-0.05, 0) is 47.5 Å². The highest BCUT2D eigenvalue weighted by Crippen LogP contribution is 2.45. The number of amidine groups is 1. The van der Waals surface area contributed by atoms with Crippen molar-refractivity contribution in [3.63, 3.8) is 0 Å². The number of ether oxygens (including phenoxy) is 1. The molecular weight excluding hydrogens is 499 g/mol. The van der Waals surface area contributed by atoms with E-state index in [1.807, 2.05) is 66.7 Å². The van der Waals surface area contributed by atoms with Gasteiger partial charge < -0.3 is 15.0 Å². The fourth-order valence-corrected chi connectivity index (χ4v) is 4.99. The van der Waals surface area contributed by atoms with Gasteiger partial charge in [-0.2, -0.15) is 0 Å². The number of nitrogens with one attached hydrogen (secondary N) is 1. The zero-order valence-electron chi connectivity index (χ0n) is 19.5. The monoisotopic (exact) mass is 522 g/mol. The van der Waals surface area contributed by atoms with E-state index < -0.39 is 12.1 Å². The van der Waals surface area contributed by atoms with E-state index in [1.165, 1.54) is 0 Å². The zero-order valence-corrected chi connectivity index (χ0v) is 21.0. The number of hydrogen-bond donors (Lipinski definition) is 1. The number of carbonyl (C=O) groups is 2. The Kier molecular flexibility index (Phi) is 6.85. The lowest BCUT2D eigenvalue weighted by atomic mass is 9.93. The smallest absolute Gasteiger partial charge is 0.326 e. The molecule has 2 aliphatic heterocycles. The van der Waals surface area contributed by atoms with Gasteiger partial charge in [0.15, 0.2) is 0 Å². The first-order chi connectivity index (χ1) is 17.5. The highest BCUT2D eigenvalue weighted by Gasteiger charge is 2.45. The van der Waals surface area contributed by atoms with Crippen molar-refractivity contribution in [1.82, 2.24) is 15.1 Å². The molecule has 2 unspecified atom stereocenters. The van der Waals surface area contributed by atoms with Crippen molar-refractivity contribution in [3.8, 4) is 5.75 Å². The molecule has 0 bridgehead atoms. The van der Waals surface area contributed by atoms with Crippen molar-refractivity contribution in [3.05, 3.63) is 99.5 Å². The minimum absolute atomic E-state index is 0.0254. The lowest BCUT2D eigenvalue weighted by Gasteiger charge is -2.35. The summed E-state index contributed by atoms with van der Waals surface area (Å²) in [5.41, 5.74) is 2.40. The Morgan fingerprint density at radius 1 is 1.00 bits per heavy atom. The number of methoxy groups -OCH3 is 1. The van der Waals surface area contributed by atoms with Crippen LogP contribution in [0.5, 0.6) is 5.75 Å². The van der Waals surface area contributed by atoms with Crippen LogP contribution < -0.4 is 10.1 Å². The molecule has 3 aromatic carbocycles. The average molecular weight is 523 g/mol. The summed E-state index contributed by atoms with van der Waals surface area (Å²) in [6.45, 7) is 0.762. The predicted molar refractivity (Wildman–Crippen MR) is 140 cm³/mol. The van der Waals surface area contributed by atoms with Gasteiger partial charge in [0.2, 0.25) is 5.91 Å². The summed E-state index contributed by atoms with van der Waals surface area (Å²) >= 11 is 12.6. The SMILES string of the molecule is COc1ccccc1C1=NC(c2ccc(Cl)cc2)C(c2cccc(Cl)c2)N1C(=O)N1CCNC(=O)C1. The summed E-state index contributed by atoms with van der Waals surface area (Å²) in [5, 5.41) is 3.94. The van der Waals surface area contributed by atoms with E-state index in [2.05, 4.69) is 5.32 Å². The van der Waals surface area contributed by atoms with Gasteiger partial charge in [0.05, 0.1) is 18.7 Å². The summed E-state index contributed by atoms with van der Waals surface area (Å²) in [6.07, 6.45) is 0. The lowest BCUT2D eigenvalue weighted by Crippen LogP contribution is -2.55. The summed E-state index contributed by atoms with van der Waals surface area (Å²) in [5.74, 6) is 0.860. The number of carbonyl (C=O) groups excluding carboxylic acids is 2. The van der Waals surface area contributed by atoms with Crippen molar-refractivity contribution in [2.45, 2.75) is 12.1 Å². The molecule has 184 valence electrons. The van der Waals surface area contributed by atoms with Gasteiger partial charge >= 0.3 is 6.03 Å². The first-order valence-corrected chi connectivity index (χ1v) is 12.3. The van der Waals surface area contributed by atoms with Gasteiger partial charge in [0, 0.05) is 23.1 Å². The van der Waals surface area contributed by atoms with Crippen molar-refractivity contribution in [1.29, 1.82) is 0 Å². The van der Waals surface area contributed by atoms with Crippen LogP contribution in [-0.4, -0.2) is 54.3 Å². The minimum Gasteiger partial charge on any atom is -0.496 e. The van der Waals surface area contributed by atoms with Crippen LogP contribution in [-0.2, 0) is 4.79 Å². The maximum atomic E-state index is 14.1. The van der Waals surface area contributed by atoms with Gasteiger partial charge in [-0.15, -0.1) is 0 Å². The van der Waals surface area contributed by atoms with Crippen LogP contribution in [0, 0.1) is 0 Å². The first kappa shape index (κ1) is 24.2. The number of rotatable bonds is 4. The molecule has 1 fully saturated rings. The van der Waals surface area contributed by atoms with E-state index in [-0.39, 0.29) is 18.5 Å². The number of para-hydroxylation sites is 1. The Hall–Kier alpha value is -3.55. The predicted octanol–water partition coefficient (Wildman–Crippen LogP) is 5.10. The molecule has 1 saturated heterocycles. The van der Waals surface area contributed by atoms with Gasteiger partial charge in [-0.3, -0.25) is 14.7 Å². The molecule has 0 spiro atoms. The average Bonchev–Trinajstić information content (AvgIpc) is 3.29. The second-order valence-electron chi connectivity index (χ2n) is 8.57. The largest absolute Gasteiger partial charge is 0.496 e. The fraction of sp³-hybridized carbons (Fsp3) is 0.222. The van der Waals surface area contributed by atoms with Gasteiger partial charge in [0.1, 0.15) is 24.2 Å². The van der Waals surface area contributed by atoms with Crippen molar-refractivity contribution in [2.75, 3.05) is 26.7 Å². The van der Waals surface area contributed by atoms with E-state index in [4.69, 9.17) is 32.9 Å². The molecule has 0 radical (unpaired) electrons. The maximum absolute atomic E-state index is 14.1. The van der Waals surface area contributed by atoms with Crippen molar-refractivity contribution < 1.29 is 14.3 Å². The summed E-state index contributed by atoms with van der Waals surface area (Å²) < 4.78 is 5.63. The molecule has 9 heteroatoms. The van der Waals surface area contributed by atoms with Crippen LogP contribution in [0.4, 0.5) is 4.79 Å². The van der Waals surface area contributed by atoms with Crippen molar-refractivity contribution >= 4 is 41.0 Å². The Labute approximate surface area is 219 Å². The van der Waals surface area contributed by atoms with Crippen LogP contribution in [0.3, 0.4) is 0 Å². The molecule has 5 rings (SSSR count). The molecular formula is C27H24Cl2N4O3. The van der Waals surface area contributed by atoms with Crippen LogP contribution >= 0.6 is 23.2 Å². The van der Waals surface area contributed by atoms with E-state index in [1.54, 1.807) is 23.0 Å². The second kappa shape index (κ2) is 10.2. The Bertz CT molecular complexity index is 1330. The second-order valence-corrected chi connectivity index (χ2v) is 9.45. The number of nitrogens with zero attached hydrogens (tertiary/aromatic N) is 3. The maximum Gasteiger partial charge on any atom is 0.326 e. The Morgan fingerprint density at radius 3 is 2.50 bits per heavy atom. The lowest BCUT2D eigenvalue weighted by molar-refractivity contribution is -0.123. The third-order valence-corrected chi connectivity index (χ3v) is 6.82. The number of amides is 3. The summed E-state index contributed by atoms with van der Waals surface area (Å²) in [7, 11) is 1.58. The Morgan fingerprint density at radius 2 is 1.78 bits per heavy atom. The number of halogens is 2. The van der Waals surface area contributed by atoms with Gasteiger partial charge in [-0.25, -0.2) is 4.79 Å². The molecule has 3 aromatic rings. The third-order valence-electron chi connectivity index (χ3n) is 6.33. The highest BCUT2D eigenvalue weighted by molar-refractivity contribution is 6.30. The molecule has 2 heterocycles. The van der Waals surface area contributed by atoms with Crippen molar-refractivity contribution in [2.24, 2.45) is 4.99 Å². The molecule has 7 nitrogen and oxygen atoms in total. The molecule has 2 atom stereocenters. The van der Waals surface area contributed by atoms with E-state index in [0.717, 1.165) is 11.1 Å². The fourth-order valence-electron chi connectivity index (χ4n) is 4.67. The molecule has 0 saturated carbocycles. The number of hydrogen-bond acceptors (Lipinski definition) is 4. The molecule has 36 heavy (non-hydrogen) atoms. The quantitative estimate of drug-likeness (QED) is 0.517. The topological polar surface area (TPSA) is 74.2 Å². The number of piperazine rings is 1.